The van der Waals surface area contributed by atoms with Crippen molar-refractivity contribution in [3.05, 3.63) is 59.0 Å². The molecular weight excluding hydrogens is 419 g/mol. The van der Waals surface area contributed by atoms with Crippen molar-refractivity contribution < 1.29 is 18.8 Å². The van der Waals surface area contributed by atoms with Gasteiger partial charge >= 0.3 is 18.8 Å². The quantitative estimate of drug-likeness (QED) is 0.436. The Kier molecular flexibility index (Phi) is 7.19. The van der Waals surface area contributed by atoms with Crippen LogP contribution in [0.5, 0.6) is 0 Å². The fourth-order valence-corrected chi connectivity index (χ4v) is 3.71. The molecule has 0 N–H and O–H groups in total. The zero-order valence-electron chi connectivity index (χ0n) is 20.5. The normalized spacial score (nSPS) is 16.4. The summed E-state index contributed by atoms with van der Waals surface area (Å²) in [6.07, 6.45) is 0. The monoisotopic (exact) mass is 452 g/mol. The Labute approximate surface area is 195 Å². The van der Waals surface area contributed by atoms with Crippen LogP contribution >= 0.6 is 0 Å². The van der Waals surface area contributed by atoms with Crippen molar-refractivity contribution in [2.45, 2.75) is 66.2 Å². The van der Waals surface area contributed by atoms with Crippen LogP contribution in [0.25, 0.3) is 16.7 Å². The second-order valence-corrected chi connectivity index (χ2v) is 8.68. The zero-order valence-corrected chi connectivity index (χ0v) is 20.5. The topological polar surface area (TPSA) is 71.7 Å². The van der Waals surface area contributed by atoms with Crippen molar-refractivity contribution in [1.82, 2.24) is 9.13 Å². The van der Waals surface area contributed by atoms with Gasteiger partial charge in [0.25, 0.3) is 0 Å². The van der Waals surface area contributed by atoms with Crippen LogP contribution in [0.4, 0.5) is 0 Å². The highest BCUT2D eigenvalue weighted by molar-refractivity contribution is 6.62. The van der Waals surface area contributed by atoms with E-state index < -0.39 is 24.3 Å². The van der Waals surface area contributed by atoms with Gasteiger partial charge < -0.3 is 14.0 Å². The second kappa shape index (κ2) is 9.57. The average Bonchev–Trinajstić information content (AvgIpc) is 3.18. The second-order valence-electron chi connectivity index (χ2n) is 8.68. The molecule has 1 saturated heterocycles. The van der Waals surface area contributed by atoms with Gasteiger partial charge in [0.1, 0.15) is 6.54 Å². The molecule has 0 bridgehead atoms. The summed E-state index contributed by atoms with van der Waals surface area (Å²) < 4.78 is 20.3. The molecule has 2 heterocycles. The van der Waals surface area contributed by atoms with Gasteiger partial charge in [-0.1, -0.05) is 38.1 Å². The number of fused-ring (bicyclic) bond motifs is 1. The molecule has 33 heavy (non-hydrogen) atoms. The lowest BCUT2D eigenvalue weighted by molar-refractivity contribution is -0.143. The number of nitrogens with zero attached hydrogens (tertiary/aromatic N) is 2. The van der Waals surface area contributed by atoms with E-state index in [-0.39, 0.29) is 18.8 Å². The highest BCUT2D eigenvalue weighted by atomic mass is 16.7. The maximum atomic E-state index is 13.2. The number of carbonyl (C=O) groups is 1. The summed E-state index contributed by atoms with van der Waals surface area (Å²) >= 11 is 0. The molecule has 0 saturated carbocycles. The number of carbonyl (C=O) groups excluding carboxylic acids is 1. The van der Waals surface area contributed by atoms with Crippen molar-refractivity contribution in [3.63, 3.8) is 0 Å². The Balaban J connectivity index is 0.00000149. The van der Waals surface area contributed by atoms with E-state index in [0.29, 0.717) is 11.2 Å². The summed E-state index contributed by atoms with van der Waals surface area (Å²) in [4.78, 5) is 25.2. The molecule has 8 heteroatoms. The Morgan fingerprint density at radius 3 is 2.03 bits per heavy atom. The summed E-state index contributed by atoms with van der Waals surface area (Å²) in [7, 11) is -0.471. The van der Waals surface area contributed by atoms with E-state index in [9.17, 15) is 9.59 Å². The van der Waals surface area contributed by atoms with Crippen LogP contribution < -0.4 is 11.2 Å². The van der Waals surface area contributed by atoms with Crippen molar-refractivity contribution in [2.24, 2.45) is 0 Å². The molecule has 0 amide bonds. The van der Waals surface area contributed by atoms with E-state index in [2.05, 4.69) is 0 Å². The Morgan fingerprint density at radius 1 is 0.939 bits per heavy atom. The van der Waals surface area contributed by atoms with E-state index in [1.54, 1.807) is 11.5 Å². The first-order valence-corrected chi connectivity index (χ1v) is 11.5. The predicted molar refractivity (Wildman–Crippen MR) is 131 cm³/mol. The molecule has 3 aromatic rings. The molecule has 0 aliphatic carbocycles. The van der Waals surface area contributed by atoms with Gasteiger partial charge in [-0.05, 0) is 64.3 Å². The van der Waals surface area contributed by atoms with E-state index in [0.717, 1.165) is 11.0 Å². The third kappa shape index (κ3) is 4.63. The maximum Gasteiger partial charge on any atom is 0.494 e. The Hall–Kier alpha value is -2.84. The first-order chi connectivity index (χ1) is 15.6. The van der Waals surface area contributed by atoms with Crippen molar-refractivity contribution in [3.8, 4) is 5.69 Å². The molecular formula is C25H33BN2O5. The lowest BCUT2D eigenvalue weighted by Gasteiger charge is -2.32. The van der Waals surface area contributed by atoms with Crippen LogP contribution in [0.15, 0.2) is 53.3 Å². The van der Waals surface area contributed by atoms with Gasteiger partial charge in [-0.25, -0.2) is 4.79 Å². The first-order valence-electron chi connectivity index (χ1n) is 11.5. The number of para-hydroxylation sites is 2. The van der Waals surface area contributed by atoms with Gasteiger partial charge in [-0.15, -0.1) is 0 Å². The molecule has 0 spiro atoms. The lowest BCUT2D eigenvalue weighted by atomic mass is 9.79. The van der Waals surface area contributed by atoms with Gasteiger partial charge in [0.05, 0.1) is 34.5 Å². The smallest absolute Gasteiger partial charge is 0.465 e. The number of aromatic nitrogens is 2. The van der Waals surface area contributed by atoms with Crippen LogP contribution in [0.2, 0.25) is 0 Å². The fraction of sp³-hybridized carbons (Fsp3) is 0.440. The van der Waals surface area contributed by atoms with Crippen LogP contribution in [-0.2, 0) is 25.4 Å². The predicted octanol–water partition coefficient (Wildman–Crippen LogP) is 3.68. The molecule has 0 atom stereocenters. The minimum Gasteiger partial charge on any atom is -0.465 e. The van der Waals surface area contributed by atoms with Crippen LogP contribution in [0.3, 0.4) is 0 Å². The first kappa shape index (κ1) is 24.8. The van der Waals surface area contributed by atoms with Crippen molar-refractivity contribution in [2.75, 3.05) is 6.61 Å². The van der Waals surface area contributed by atoms with Crippen LogP contribution in [-0.4, -0.2) is 40.0 Å². The Bertz CT molecular complexity index is 1160. The van der Waals surface area contributed by atoms with Gasteiger partial charge in [0, 0.05) is 0 Å². The van der Waals surface area contributed by atoms with Crippen molar-refractivity contribution in [1.29, 1.82) is 0 Å². The number of hydrogen-bond acceptors (Lipinski definition) is 5. The largest absolute Gasteiger partial charge is 0.494 e. The number of imidazole rings is 1. The van der Waals surface area contributed by atoms with Gasteiger partial charge in [0.2, 0.25) is 0 Å². The van der Waals surface area contributed by atoms with Gasteiger partial charge in [0.15, 0.2) is 0 Å². The molecule has 1 aliphatic rings. The van der Waals surface area contributed by atoms with Crippen LogP contribution in [0.1, 0.15) is 48.5 Å². The Morgan fingerprint density at radius 2 is 1.48 bits per heavy atom. The third-order valence-corrected chi connectivity index (χ3v) is 6.10. The number of hydrogen-bond donors (Lipinski definition) is 0. The summed E-state index contributed by atoms with van der Waals surface area (Å²) in [5.74, 6) is -0.441. The highest BCUT2D eigenvalue weighted by Gasteiger charge is 2.51. The molecule has 0 unspecified atom stereocenters. The summed E-state index contributed by atoms with van der Waals surface area (Å²) in [5, 5.41) is 0. The van der Waals surface area contributed by atoms with E-state index in [1.165, 1.54) is 4.57 Å². The van der Waals surface area contributed by atoms with E-state index in [1.807, 2.05) is 90.1 Å². The van der Waals surface area contributed by atoms with E-state index in [4.69, 9.17) is 14.0 Å². The molecule has 1 fully saturated rings. The molecule has 2 aromatic carbocycles. The number of benzene rings is 2. The van der Waals surface area contributed by atoms with Crippen molar-refractivity contribution >= 4 is 29.6 Å². The highest BCUT2D eigenvalue weighted by Crippen LogP contribution is 2.36. The molecule has 4 rings (SSSR count). The summed E-state index contributed by atoms with van der Waals surface area (Å²) in [6.45, 7) is 13.9. The number of rotatable bonds is 5. The third-order valence-electron chi connectivity index (χ3n) is 6.10. The minimum absolute atomic E-state index is 0.133. The fourth-order valence-electron chi connectivity index (χ4n) is 3.71. The summed E-state index contributed by atoms with van der Waals surface area (Å²) in [5.41, 5.74) is 1.84. The van der Waals surface area contributed by atoms with Gasteiger partial charge in [-0.2, -0.15) is 0 Å². The van der Waals surface area contributed by atoms with Gasteiger partial charge in [-0.3, -0.25) is 13.9 Å². The molecule has 176 valence electrons. The standard InChI is InChI=1S/C23H27BN2O5.C2H6/c1-6-29-20(27)15-25-18-9-7-8-10-19(18)26(21(25)28)17-13-11-16(12-14-17)24-30-22(2,3)23(4,5)31-24;1-2/h7-14H,6,15H2,1-5H3;1-2H3. The maximum absolute atomic E-state index is 13.2. The van der Waals surface area contributed by atoms with E-state index >= 15 is 0 Å². The van der Waals surface area contributed by atoms with Crippen LogP contribution in [0, 0.1) is 0 Å². The minimum atomic E-state index is -0.471. The molecule has 7 nitrogen and oxygen atoms in total. The lowest BCUT2D eigenvalue weighted by Crippen LogP contribution is -2.41. The SMILES string of the molecule is CC.CCOC(=O)Cn1c(=O)n(-c2ccc(B3OC(C)(C)C(C)(C)O3)cc2)c2ccccc21. The summed E-state index contributed by atoms with van der Waals surface area (Å²) in [6, 6.07) is 14.9. The number of ether oxygens (including phenoxy) is 1. The zero-order chi connectivity index (χ0) is 24.4. The molecule has 1 aliphatic heterocycles. The number of esters is 1. The molecule has 1 aromatic heterocycles. The molecule has 0 radical (unpaired) electrons. The average molecular weight is 452 g/mol.